The van der Waals surface area contributed by atoms with Crippen LogP contribution in [0.2, 0.25) is 5.02 Å². The summed E-state index contributed by atoms with van der Waals surface area (Å²) < 4.78 is 0. The molecule has 1 saturated heterocycles. The van der Waals surface area contributed by atoms with E-state index < -0.39 is 11.9 Å². The number of benzene rings is 2. The van der Waals surface area contributed by atoms with Crippen LogP contribution in [0.15, 0.2) is 48.5 Å². The Morgan fingerprint density at radius 2 is 2.00 bits per heavy atom. The molecular formula is C22H27ClN4O3. The van der Waals surface area contributed by atoms with Crippen molar-refractivity contribution in [3.05, 3.63) is 59.1 Å². The van der Waals surface area contributed by atoms with Crippen LogP contribution in [-0.4, -0.2) is 42.1 Å². The summed E-state index contributed by atoms with van der Waals surface area (Å²) in [5.74, 6) is -0.482. The van der Waals surface area contributed by atoms with E-state index >= 15 is 0 Å². The fourth-order valence-corrected chi connectivity index (χ4v) is 3.69. The molecule has 3 rings (SSSR count). The summed E-state index contributed by atoms with van der Waals surface area (Å²) in [7, 11) is 0. The molecule has 0 aliphatic carbocycles. The number of hydrogen-bond acceptors (Lipinski definition) is 5. The molecule has 2 aromatic rings. The van der Waals surface area contributed by atoms with Gasteiger partial charge in [0.2, 0.25) is 11.8 Å². The van der Waals surface area contributed by atoms with Gasteiger partial charge in [-0.1, -0.05) is 41.9 Å². The first-order chi connectivity index (χ1) is 14.5. The number of nitrogens with one attached hydrogen (secondary N) is 3. The zero-order valence-corrected chi connectivity index (χ0v) is 17.4. The fraction of sp³-hybridized carbons (Fsp3) is 0.364. The summed E-state index contributed by atoms with van der Waals surface area (Å²) in [6.45, 7) is 1.20. The number of amides is 2. The highest BCUT2D eigenvalue weighted by Gasteiger charge is 2.31. The lowest BCUT2D eigenvalue weighted by atomic mass is 10.0. The van der Waals surface area contributed by atoms with Crippen LogP contribution in [0, 0.1) is 5.92 Å². The van der Waals surface area contributed by atoms with E-state index in [1.54, 1.807) is 0 Å². The normalized spacial score (nSPS) is 19.3. The Labute approximate surface area is 181 Å². The highest BCUT2D eigenvalue weighted by atomic mass is 35.5. The van der Waals surface area contributed by atoms with Crippen LogP contribution >= 0.6 is 11.6 Å². The van der Waals surface area contributed by atoms with Crippen molar-refractivity contribution in [2.75, 3.05) is 18.4 Å². The Morgan fingerprint density at radius 3 is 2.70 bits per heavy atom. The smallest absolute Gasteiger partial charge is 0.247 e. The average Bonchev–Trinajstić information content (AvgIpc) is 3.24. The number of anilines is 1. The van der Waals surface area contributed by atoms with Gasteiger partial charge in [0.25, 0.3) is 0 Å². The number of nitrogens with two attached hydrogens (primary N) is 1. The Balaban J connectivity index is 1.70. The van der Waals surface area contributed by atoms with Crippen molar-refractivity contribution in [1.29, 1.82) is 0 Å². The van der Waals surface area contributed by atoms with Crippen LogP contribution in [-0.2, 0) is 16.0 Å². The van der Waals surface area contributed by atoms with Gasteiger partial charge in [-0.05, 0) is 62.0 Å². The van der Waals surface area contributed by atoms with Gasteiger partial charge in [-0.2, -0.15) is 0 Å². The summed E-state index contributed by atoms with van der Waals surface area (Å²) in [4.78, 5) is 25.7. The number of aryl methyl sites for hydroxylation is 1. The van der Waals surface area contributed by atoms with Gasteiger partial charge in [-0.25, -0.2) is 0 Å². The SMILES string of the molecule is NCC1CNC(C(=O)NC(CCc2ccccc2)C(=O)Nc2cc(Cl)ccc2O)C1. The van der Waals surface area contributed by atoms with Crippen LogP contribution in [0.1, 0.15) is 18.4 Å². The molecule has 6 N–H and O–H groups in total. The molecular weight excluding hydrogens is 404 g/mol. The molecule has 0 aromatic heterocycles. The number of phenols is 1. The minimum atomic E-state index is -0.769. The van der Waals surface area contributed by atoms with Crippen molar-refractivity contribution in [2.45, 2.75) is 31.3 Å². The van der Waals surface area contributed by atoms with E-state index in [1.807, 2.05) is 30.3 Å². The Kier molecular flexibility index (Phi) is 7.68. The molecule has 160 valence electrons. The standard InChI is InChI=1S/C22H27ClN4O3/c23-16-7-9-20(28)18(11-16)27-21(29)17(8-6-14-4-2-1-3-5-14)26-22(30)19-10-15(12-24)13-25-19/h1-5,7,9,11,15,17,19,25,28H,6,8,10,12-13,24H2,(H,26,30)(H,27,29). The molecule has 1 fully saturated rings. The van der Waals surface area contributed by atoms with Gasteiger partial charge in [0.05, 0.1) is 11.7 Å². The minimum Gasteiger partial charge on any atom is -0.506 e. The van der Waals surface area contributed by atoms with Gasteiger partial charge >= 0.3 is 0 Å². The molecule has 0 spiro atoms. The van der Waals surface area contributed by atoms with Crippen LogP contribution in [0.3, 0.4) is 0 Å². The van der Waals surface area contributed by atoms with E-state index in [4.69, 9.17) is 17.3 Å². The van der Waals surface area contributed by atoms with Crippen molar-refractivity contribution in [2.24, 2.45) is 11.7 Å². The topological polar surface area (TPSA) is 116 Å². The third-order valence-electron chi connectivity index (χ3n) is 5.29. The van der Waals surface area contributed by atoms with E-state index in [1.165, 1.54) is 18.2 Å². The maximum Gasteiger partial charge on any atom is 0.247 e. The molecule has 2 aromatic carbocycles. The minimum absolute atomic E-state index is 0.0934. The Bertz CT molecular complexity index is 878. The highest BCUT2D eigenvalue weighted by Crippen LogP contribution is 2.27. The first kappa shape index (κ1) is 22.1. The van der Waals surface area contributed by atoms with Crippen molar-refractivity contribution < 1.29 is 14.7 Å². The Morgan fingerprint density at radius 1 is 1.23 bits per heavy atom. The molecule has 7 nitrogen and oxygen atoms in total. The van der Waals surface area contributed by atoms with Crippen LogP contribution < -0.4 is 21.7 Å². The first-order valence-electron chi connectivity index (χ1n) is 10.0. The second kappa shape index (κ2) is 10.4. The van der Waals surface area contributed by atoms with Crippen molar-refractivity contribution in [3.8, 4) is 5.75 Å². The maximum absolute atomic E-state index is 12.9. The zero-order valence-electron chi connectivity index (χ0n) is 16.6. The molecule has 0 bridgehead atoms. The lowest BCUT2D eigenvalue weighted by Gasteiger charge is -2.21. The predicted molar refractivity (Wildman–Crippen MR) is 117 cm³/mol. The van der Waals surface area contributed by atoms with Gasteiger partial charge < -0.3 is 26.8 Å². The summed E-state index contributed by atoms with van der Waals surface area (Å²) in [5.41, 5.74) is 6.97. The van der Waals surface area contributed by atoms with Gasteiger partial charge in [0.15, 0.2) is 0 Å². The number of aromatic hydroxyl groups is 1. The summed E-state index contributed by atoms with van der Waals surface area (Å²) in [5, 5.41) is 19.1. The number of rotatable bonds is 8. The van der Waals surface area contributed by atoms with Gasteiger partial charge in [-0.15, -0.1) is 0 Å². The lowest BCUT2D eigenvalue weighted by molar-refractivity contribution is -0.127. The molecule has 8 heteroatoms. The van der Waals surface area contributed by atoms with Crippen molar-refractivity contribution in [3.63, 3.8) is 0 Å². The summed E-state index contributed by atoms with van der Waals surface area (Å²) >= 11 is 5.97. The molecule has 1 aliphatic rings. The molecule has 0 saturated carbocycles. The maximum atomic E-state index is 12.9. The molecule has 1 heterocycles. The fourth-order valence-electron chi connectivity index (χ4n) is 3.51. The second-order valence-corrected chi connectivity index (χ2v) is 7.97. The number of carbonyl (C=O) groups is 2. The van der Waals surface area contributed by atoms with E-state index in [9.17, 15) is 14.7 Å². The van der Waals surface area contributed by atoms with E-state index in [2.05, 4.69) is 16.0 Å². The van der Waals surface area contributed by atoms with E-state index in [0.29, 0.717) is 37.4 Å². The van der Waals surface area contributed by atoms with Crippen molar-refractivity contribution in [1.82, 2.24) is 10.6 Å². The number of hydrogen-bond donors (Lipinski definition) is 5. The molecule has 30 heavy (non-hydrogen) atoms. The van der Waals surface area contributed by atoms with Gasteiger partial charge in [-0.3, -0.25) is 9.59 Å². The lowest BCUT2D eigenvalue weighted by Crippen LogP contribution is -2.50. The molecule has 3 atom stereocenters. The molecule has 2 amide bonds. The van der Waals surface area contributed by atoms with Crippen LogP contribution in [0.25, 0.3) is 0 Å². The average molecular weight is 431 g/mol. The largest absolute Gasteiger partial charge is 0.506 e. The van der Waals surface area contributed by atoms with E-state index in [0.717, 1.165) is 5.56 Å². The second-order valence-electron chi connectivity index (χ2n) is 7.53. The zero-order chi connectivity index (χ0) is 21.5. The van der Waals surface area contributed by atoms with Crippen LogP contribution in [0.5, 0.6) is 5.75 Å². The van der Waals surface area contributed by atoms with Gasteiger partial charge in [0.1, 0.15) is 11.8 Å². The summed E-state index contributed by atoms with van der Waals surface area (Å²) in [6.07, 6.45) is 1.67. The molecule has 3 unspecified atom stereocenters. The Hall–Kier alpha value is -2.61. The monoisotopic (exact) mass is 430 g/mol. The van der Waals surface area contributed by atoms with E-state index in [-0.39, 0.29) is 29.3 Å². The summed E-state index contributed by atoms with van der Waals surface area (Å²) in [6, 6.07) is 13.0. The van der Waals surface area contributed by atoms with Gasteiger partial charge in [0, 0.05) is 5.02 Å². The third kappa shape index (κ3) is 5.95. The predicted octanol–water partition coefficient (Wildman–Crippen LogP) is 2.04. The number of carbonyl (C=O) groups excluding carboxylic acids is 2. The van der Waals surface area contributed by atoms with Crippen LogP contribution in [0.4, 0.5) is 5.69 Å². The quantitative estimate of drug-likeness (QED) is 0.411. The highest BCUT2D eigenvalue weighted by molar-refractivity contribution is 6.31. The third-order valence-corrected chi connectivity index (χ3v) is 5.52. The first-order valence-corrected chi connectivity index (χ1v) is 10.4. The number of halogens is 1. The number of phenolic OH excluding ortho intramolecular Hbond substituents is 1. The molecule has 1 aliphatic heterocycles. The van der Waals surface area contributed by atoms with Crippen molar-refractivity contribution >= 4 is 29.1 Å². The molecule has 0 radical (unpaired) electrons.